The highest BCUT2D eigenvalue weighted by atomic mass is 32.2. The molecule has 0 bridgehead atoms. The Labute approximate surface area is 129 Å². The van der Waals surface area contributed by atoms with Gasteiger partial charge in [-0.3, -0.25) is 9.59 Å². The number of rotatable bonds is 4. The van der Waals surface area contributed by atoms with Gasteiger partial charge in [0.15, 0.2) is 0 Å². The minimum Gasteiger partial charge on any atom is -0.344 e. The zero-order chi connectivity index (χ0) is 14.5. The van der Waals surface area contributed by atoms with Crippen molar-refractivity contribution in [1.82, 2.24) is 10.2 Å². The molecule has 0 radical (unpaired) electrons. The molecule has 2 aliphatic heterocycles. The van der Waals surface area contributed by atoms with Crippen LogP contribution in [-0.4, -0.2) is 58.4 Å². The van der Waals surface area contributed by atoms with Crippen molar-refractivity contribution in [2.75, 3.05) is 30.3 Å². The molecule has 2 fully saturated rings. The second kappa shape index (κ2) is 7.59. The summed E-state index contributed by atoms with van der Waals surface area (Å²) in [6.45, 7) is 5.53. The van der Waals surface area contributed by atoms with Crippen molar-refractivity contribution in [3.05, 3.63) is 0 Å². The fourth-order valence-corrected chi connectivity index (χ4v) is 5.28. The minimum absolute atomic E-state index is 0.0113. The molecule has 0 aromatic heterocycles. The van der Waals surface area contributed by atoms with Gasteiger partial charge in [0.05, 0.1) is 0 Å². The average Bonchev–Trinajstić information content (AvgIpc) is 2.53. The molecule has 20 heavy (non-hydrogen) atoms. The molecule has 4 nitrogen and oxygen atoms in total. The molecule has 0 spiro atoms. The lowest BCUT2D eigenvalue weighted by molar-refractivity contribution is -0.133. The number of carbonyl (C=O) groups excluding carboxylic acids is 2. The molecule has 114 valence electrons. The molecule has 0 saturated carbocycles. The third kappa shape index (κ3) is 4.58. The van der Waals surface area contributed by atoms with Gasteiger partial charge in [-0.1, -0.05) is 13.8 Å². The Morgan fingerprint density at radius 2 is 2.15 bits per heavy atom. The van der Waals surface area contributed by atoms with E-state index in [4.69, 9.17) is 0 Å². The number of amides is 2. The predicted molar refractivity (Wildman–Crippen MR) is 86.2 cm³/mol. The zero-order valence-electron chi connectivity index (χ0n) is 12.3. The summed E-state index contributed by atoms with van der Waals surface area (Å²) >= 11 is 3.93. The Hall–Kier alpha value is -0.360. The first kappa shape index (κ1) is 16.0. The van der Waals surface area contributed by atoms with Crippen molar-refractivity contribution in [3.8, 4) is 0 Å². The van der Waals surface area contributed by atoms with Crippen LogP contribution in [0.25, 0.3) is 0 Å². The highest BCUT2D eigenvalue weighted by Crippen LogP contribution is 2.25. The molecule has 6 heteroatoms. The quantitative estimate of drug-likeness (QED) is 0.856. The maximum atomic E-state index is 12.6. The maximum Gasteiger partial charge on any atom is 0.245 e. The van der Waals surface area contributed by atoms with Crippen LogP contribution in [0.4, 0.5) is 0 Å². The lowest BCUT2D eigenvalue weighted by Gasteiger charge is -2.30. The van der Waals surface area contributed by atoms with Crippen molar-refractivity contribution in [3.63, 3.8) is 0 Å². The molecular weight excluding hydrogens is 292 g/mol. The predicted octanol–water partition coefficient (Wildman–Crippen LogP) is 1.60. The van der Waals surface area contributed by atoms with Crippen LogP contribution >= 0.6 is 23.5 Å². The van der Waals surface area contributed by atoms with Crippen molar-refractivity contribution in [2.24, 2.45) is 5.92 Å². The van der Waals surface area contributed by atoms with Crippen molar-refractivity contribution >= 4 is 35.3 Å². The lowest BCUT2D eigenvalue weighted by Crippen LogP contribution is -2.47. The van der Waals surface area contributed by atoms with E-state index in [9.17, 15) is 9.59 Å². The van der Waals surface area contributed by atoms with Crippen LogP contribution in [0, 0.1) is 5.92 Å². The summed E-state index contributed by atoms with van der Waals surface area (Å²) in [5.74, 6) is 4.03. The highest BCUT2D eigenvalue weighted by molar-refractivity contribution is 8.06. The molecule has 2 saturated heterocycles. The number of hydrogen-bond acceptors (Lipinski definition) is 4. The van der Waals surface area contributed by atoms with E-state index in [1.807, 2.05) is 28.4 Å². The topological polar surface area (TPSA) is 49.4 Å². The van der Waals surface area contributed by atoms with Crippen molar-refractivity contribution < 1.29 is 9.59 Å². The first-order valence-corrected chi connectivity index (χ1v) is 9.54. The average molecular weight is 316 g/mol. The van der Waals surface area contributed by atoms with Gasteiger partial charge in [0.1, 0.15) is 6.04 Å². The smallest absolute Gasteiger partial charge is 0.245 e. The third-order valence-corrected chi connectivity index (χ3v) is 6.40. The zero-order valence-corrected chi connectivity index (χ0v) is 13.9. The van der Waals surface area contributed by atoms with E-state index in [1.165, 1.54) is 11.5 Å². The van der Waals surface area contributed by atoms with Gasteiger partial charge in [-0.15, -0.1) is 0 Å². The second-order valence-electron chi connectivity index (χ2n) is 5.85. The monoisotopic (exact) mass is 316 g/mol. The molecule has 0 aromatic carbocycles. The van der Waals surface area contributed by atoms with Gasteiger partial charge in [-0.05, 0) is 12.3 Å². The van der Waals surface area contributed by atoms with Gasteiger partial charge in [0, 0.05) is 42.0 Å². The Morgan fingerprint density at radius 1 is 1.35 bits per heavy atom. The van der Waals surface area contributed by atoms with Crippen LogP contribution in [0.3, 0.4) is 0 Å². The van der Waals surface area contributed by atoms with Gasteiger partial charge in [0.25, 0.3) is 0 Å². The van der Waals surface area contributed by atoms with Crippen LogP contribution in [0.2, 0.25) is 0 Å². The molecule has 2 heterocycles. The van der Waals surface area contributed by atoms with E-state index in [0.29, 0.717) is 24.1 Å². The normalized spacial score (nSPS) is 28.4. The van der Waals surface area contributed by atoms with Gasteiger partial charge in [0.2, 0.25) is 11.8 Å². The van der Waals surface area contributed by atoms with E-state index in [0.717, 1.165) is 18.7 Å². The Morgan fingerprint density at radius 3 is 2.80 bits per heavy atom. The lowest BCUT2D eigenvalue weighted by atomic mass is 10.0. The minimum atomic E-state index is -0.328. The SMILES string of the molecule is CC(C)CC1NC(=O)CCN(CC2CSCCS2)C1=O. The van der Waals surface area contributed by atoms with E-state index < -0.39 is 0 Å². The molecule has 2 amide bonds. The first-order valence-electron chi connectivity index (χ1n) is 7.33. The van der Waals surface area contributed by atoms with Crippen molar-refractivity contribution in [1.29, 1.82) is 0 Å². The molecule has 2 unspecified atom stereocenters. The summed E-state index contributed by atoms with van der Waals surface area (Å²) in [4.78, 5) is 26.3. The fraction of sp³-hybridized carbons (Fsp3) is 0.857. The van der Waals surface area contributed by atoms with E-state index in [2.05, 4.69) is 19.2 Å². The Balaban J connectivity index is 1.98. The Bertz CT molecular complexity index is 357. The molecule has 1 N–H and O–H groups in total. The van der Waals surface area contributed by atoms with Gasteiger partial charge < -0.3 is 10.2 Å². The van der Waals surface area contributed by atoms with E-state index in [-0.39, 0.29) is 17.9 Å². The van der Waals surface area contributed by atoms with Crippen LogP contribution in [0.1, 0.15) is 26.7 Å². The third-order valence-electron chi connectivity index (χ3n) is 3.57. The van der Waals surface area contributed by atoms with Gasteiger partial charge >= 0.3 is 0 Å². The van der Waals surface area contributed by atoms with Gasteiger partial charge in [-0.25, -0.2) is 0 Å². The molecule has 0 aliphatic carbocycles. The number of hydrogen-bond donors (Lipinski definition) is 1. The number of nitrogens with zero attached hydrogens (tertiary/aromatic N) is 1. The number of nitrogens with one attached hydrogen (secondary N) is 1. The summed E-state index contributed by atoms with van der Waals surface area (Å²) in [6, 6.07) is -0.328. The summed E-state index contributed by atoms with van der Waals surface area (Å²) in [7, 11) is 0. The fourth-order valence-electron chi connectivity index (χ4n) is 2.60. The number of carbonyl (C=O) groups is 2. The van der Waals surface area contributed by atoms with Crippen molar-refractivity contribution in [2.45, 2.75) is 38.0 Å². The van der Waals surface area contributed by atoms with Gasteiger partial charge in [-0.2, -0.15) is 23.5 Å². The largest absolute Gasteiger partial charge is 0.344 e. The molecule has 0 aromatic rings. The summed E-state index contributed by atoms with van der Waals surface area (Å²) in [5, 5.41) is 3.40. The highest BCUT2D eigenvalue weighted by Gasteiger charge is 2.31. The molecule has 2 atom stereocenters. The van der Waals surface area contributed by atoms with E-state index >= 15 is 0 Å². The van der Waals surface area contributed by atoms with Crippen LogP contribution < -0.4 is 5.32 Å². The molecule has 2 rings (SSSR count). The van der Waals surface area contributed by atoms with E-state index in [1.54, 1.807) is 0 Å². The van der Waals surface area contributed by atoms with Crippen LogP contribution in [0.15, 0.2) is 0 Å². The summed E-state index contributed by atoms with van der Waals surface area (Å²) in [6.07, 6.45) is 1.17. The number of thioether (sulfide) groups is 2. The summed E-state index contributed by atoms with van der Waals surface area (Å²) < 4.78 is 0. The second-order valence-corrected chi connectivity index (χ2v) is 8.41. The van der Waals surface area contributed by atoms with Crippen LogP contribution in [0.5, 0.6) is 0 Å². The maximum absolute atomic E-state index is 12.6. The Kier molecular flexibility index (Phi) is 6.08. The molecule has 2 aliphatic rings. The standard InChI is InChI=1S/C14H24N2O2S2/c1-10(2)7-12-14(18)16(4-3-13(17)15-12)8-11-9-19-5-6-20-11/h10-12H,3-9H2,1-2H3,(H,15,17). The first-order chi connectivity index (χ1) is 9.56. The molecular formula is C14H24N2O2S2. The summed E-state index contributed by atoms with van der Waals surface area (Å²) in [5.41, 5.74) is 0. The van der Waals surface area contributed by atoms with Crippen LogP contribution in [-0.2, 0) is 9.59 Å².